The molecule has 0 spiro atoms. The Morgan fingerprint density at radius 3 is 1.01 bits per heavy atom. The Hall–Kier alpha value is -14.3. The minimum absolute atomic E-state index is 0.428. The fraction of sp³-hybridized carbons (Fsp3) is 0. The molecule has 18 aromatic rings. The van der Waals surface area contributed by atoms with Crippen LogP contribution >= 0.6 is 0 Å². The Balaban J connectivity index is 1.13. The number of nitrogens with zero attached hydrogens (tertiary/aromatic N) is 12. The van der Waals surface area contributed by atoms with Gasteiger partial charge in [0, 0.05) is 81.9 Å². The Kier molecular flexibility index (Phi) is 11.7. The van der Waals surface area contributed by atoms with Crippen LogP contribution in [-0.4, -0.2) is 27.8 Å². The van der Waals surface area contributed by atoms with E-state index in [4.69, 9.17) is 4.98 Å². The molecule has 6 aromatic heterocycles. The third-order valence-corrected chi connectivity index (χ3v) is 18.8. The molecule has 0 amide bonds. The summed E-state index contributed by atoms with van der Waals surface area (Å²) in [4.78, 5) is 6.30. The lowest BCUT2D eigenvalue weighted by atomic mass is 9.94. The lowest BCUT2D eigenvalue weighted by Crippen LogP contribution is -2.14. The summed E-state index contributed by atoms with van der Waals surface area (Å²) in [6, 6.07) is 99.0. The van der Waals surface area contributed by atoms with Crippen LogP contribution in [0, 0.1) is 68.0 Å². The van der Waals surface area contributed by atoms with Crippen LogP contribution in [0.1, 0.15) is 33.4 Å². The summed E-state index contributed by atoms with van der Waals surface area (Å²) in [5, 5.41) is 72.6. The Morgan fingerprint density at radius 1 is 0.253 bits per heavy atom. The second-order valence-electron chi connectivity index (χ2n) is 23.7. The summed E-state index contributed by atoms with van der Waals surface area (Å²) >= 11 is 0. The van der Waals surface area contributed by atoms with Gasteiger partial charge in [-0.1, -0.05) is 103 Å². The van der Waals surface area contributed by atoms with Crippen LogP contribution in [0.3, 0.4) is 0 Å². The molecule has 6 heterocycles. The molecular formula is C83H42N12. The molecule has 95 heavy (non-hydrogen) atoms. The topological polar surface area (TPSA) is 180 Å². The lowest BCUT2D eigenvalue weighted by molar-refractivity contribution is 1.01. The summed E-state index contributed by atoms with van der Waals surface area (Å²) < 4.78 is 11.2. The summed E-state index contributed by atoms with van der Waals surface area (Å²) in [6.45, 7) is 0. The van der Waals surface area contributed by atoms with Crippen molar-refractivity contribution in [3.05, 3.63) is 288 Å². The van der Waals surface area contributed by atoms with Gasteiger partial charge in [-0.3, -0.25) is 4.57 Å². The highest BCUT2D eigenvalue weighted by Gasteiger charge is 2.34. The van der Waals surface area contributed by atoms with Gasteiger partial charge in [0.1, 0.15) is 0 Å². The molecule has 12 aromatic carbocycles. The summed E-state index contributed by atoms with van der Waals surface area (Å²) in [6.07, 6.45) is 0. The van der Waals surface area contributed by atoms with Crippen molar-refractivity contribution < 1.29 is 0 Å². The number of aromatic nitrogens is 6. The maximum Gasteiger partial charge on any atom is 0.163 e. The predicted molar refractivity (Wildman–Crippen MR) is 375 cm³/mol. The summed E-state index contributed by atoms with van der Waals surface area (Å²) in [5.41, 5.74) is 16.7. The van der Waals surface area contributed by atoms with Gasteiger partial charge in [-0.15, -0.1) is 0 Å². The number of nitriles is 6. The van der Waals surface area contributed by atoms with E-state index < -0.39 is 0 Å². The van der Waals surface area contributed by atoms with Crippen LogP contribution in [-0.2, 0) is 0 Å². The predicted octanol–water partition coefficient (Wildman–Crippen LogP) is 19.1. The van der Waals surface area contributed by atoms with Gasteiger partial charge in [-0.2, -0.15) is 31.6 Å². The Bertz CT molecular complexity index is 6460. The van der Waals surface area contributed by atoms with Crippen molar-refractivity contribution in [2.45, 2.75) is 0 Å². The summed E-state index contributed by atoms with van der Waals surface area (Å²) in [7, 11) is 0. The zero-order valence-corrected chi connectivity index (χ0v) is 50.1. The number of fused-ring (bicyclic) bond motifs is 15. The second-order valence-corrected chi connectivity index (χ2v) is 23.7. The van der Waals surface area contributed by atoms with Crippen molar-refractivity contribution in [2.24, 2.45) is 0 Å². The first-order chi connectivity index (χ1) is 46.9. The number of hydrogen-bond donors (Lipinski definition) is 0. The van der Waals surface area contributed by atoms with E-state index in [2.05, 4.69) is 187 Å². The number of rotatable bonds is 7. The maximum atomic E-state index is 10.7. The van der Waals surface area contributed by atoms with Crippen molar-refractivity contribution in [3.8, 4) is 87.4 Å². The lowest BCUT2D eigenvalue weighted by Gasteiger charge is -2.27. The van der Waals surface area contributed by atoms with Crippen LogP contribution < -0.4 is 0 Å². The van der Waals surface area contributed by atoms with E-state index in [1.54, 1.807) is 0 Å². The SMILES string of the molecule is N#Cc1ccc2c(c1)c1cc(C#N)ccc1n2-c1nc(-c2ccc(-n3c4ccccc4c4ccccc43)cc2)c(-n2c3ccc(C#N)cc3c3cc(C#N)ccc32)c(-c2cccc3c4ccccc4n(-c4ccccc4)c23)c1-n1c2ccc(C#N)cc2c2cc(C#N)ccc21. The molecule has 0 atom stereocenters. The number of benzene rings is 12. The van der Waals surface area contributed by atoms with Gasteiger partial charge in [-0.25, -0.2) is 4.98 Å². The van der Waals surface area contributed by atoms with Crippen LogP contribution in [0.5, 0.6) is 0 Å². The average molecular weight is 1210 g/mol. The summed E-state index contributed by atoms with van der Waals surface area (Å²) in [5.74, 6) is 0.464. The standard InChI is InChI=1S/C83H42N12/c84-43-49-21-31-72-63(37-49)64-38-50(44-85)22-32-73(64)93(72)81-78(62-17-10-16-61-60-15-6-9-20-71(60)92(80(61)62)56-11-2-1-3-12-56)82(94-74-33-23-51(45-86)39-65(74)66-40-52(46-87)24-34-75(66)94)83(95-76-35-25-53(47-88)41-67(76)68-42-54(48-89)26-36-77(68)95)90-79(81)55-27-29-57(30-28-55)91-69-18-7-4-13-58(69)59-14-5-8-19-70(59)91/h1-42H. The van der Waals surface area contributed by atoms with Crippen molar-refractivity contribution in [1.82, 2.24) is 27.8 Å². The van der Waals surface area contributed by atoms with Crippen molar-refractivity contribution in [2.75, 3.05) is 0 Å². The van der Waals surface area contributed by atoms with Gasteiger partial charge in [-0.05, 0) is 152 Å². The van der Waals surface area contributed by atoms with Crippen LogP contribution in [0.15, 0.2) is 255 Å². The van der Waals surface area contributed by atoms with E-state index in [0.29, 0.717) is 83.9 Å². The molecule has 434 valence electrons. The van der Waals surface area contributed by atoms with E-state index >= 15 is 0 Å². The third kappa shape index (κ3) is 7.79. The molecule has 0 aliphatic rings. The first-order valence-electron chi connectivity index (χ1n) is 30.8. The van der Waals surface area contributed by atoms with E-state index in [9.17, 15) is 31.6 Å². The second kappa shape index (κ2) is 20.6. The first kappa shape index (κ1) is 53.7. The van der Waals surface area contributed by atoms with Gasteiger partial charge in [0.15, 0.2) is 5.82 Å². The van der Waals surface area contributed by atoms with E-state index in [-0.39, 0.29) is 0 Å². The van der Waals surface area contributed by atoms with Crippen molar-refractivity contribution in [3.63, 3.8) is 0 Å². The fourth-order valence-electron chi connectivity index (χ4n) is 14.8. The zero-order valence-electron chi connectivity index (χ0n) is 50.1. The minimum Gasteiger partial charge on any atom is -0.309 e. The van der Waals surface area contributed by atoms with E-state index in [1.807, 2.05) is 127 Å². The molecule has 0 N–H and O–H groups in total. The first-order valence-corrected chi connectivity index (χ1v) is 30.8. The Labute approximate surface area is 541 Å². The zero-order chi connectivity index (χ0) is 63.7. The van der Waals surface area contributed by atoms with Gasteiger partial charge in [0.2, 0.25) is 0 Å². The number of para-hydroxylation sites is 5. The normalized spacial score (nSPS) is 11.5. The molecule has 0 unspecified atom stereocenters. The fourth-order valence-corrected chi connectivity index (χ4v) is 14.8. The highest BCUT2D eigenvalue weighted by atomic mass is 15.2. The van der Waals surface area contributed by atoms with Gasteiger partial charge >= 0.3 is 0 Å². The molecule has 12 heteroatoms. The molecule has 0 saturated heterocycles. The molecule has 12 nitrogen and oxygen atoms in total. The van der Waals surface area contributed by atoms with Gasteiger partial charge in [0.25, 0.3) is 0 Å². The van der Waals surface area contributed by atoms with Crippen LogP contribution in [0.2, 0.25) is 0 Å². The number of hydrogen-bond acceptors (Lipinski definition) is 7. The van der Waals surface area contributed by atoms with E-state index in [1.165, 1.54) is 0 Å². The van der Waals surface area contributed by atoms with Crippen LogP contribution in [0.4, 0.5) is 0 Å². The smallest absolute Gasteiger partial charge is 0.163 e. The third-order valence-electron chi connectivity index (χ3n) is 18.8. The van der Waals surface area contributed by atoms with Gasteiger partial charge < -0.3 is 18.3 Å². The molecule has 0 saturated carbocycles. The van der Waals surface area contributed by atoms with E-state index in [0.717, 1.165) is 109 Å². The average Bonchev–Trinajstić information content (AvgIpc) is 1.60. The minimum atomic E-state index is 0.428. The molecule has 18 rings (SSSR count). The Morgan fingerprint density at radius 2 is 0.589 bits per heavy atom. The molecule has 0 bridgehead atoms. The van der Waals surface area contributed by atoms with Crippen molar-refractivity contribution >= 4 is 109 Å². The number of pyridine rings is 1. The van der Waals surface area contributed by atoms with Gasteiger partial charge in [0.05, 0.1) is 142 Å². The van der Waals surface area contributed by atoms with Crippen LogP contribution in [0.25, 0.3) is 160 Å². The highest BCUT2D eigenvalue weighted by Crippen LogP contribution is 2.52. The molecule has 0 aliphatic heterocycles. The monoisotopic (exact) mass is 1210 g/mol. The highest BCUT2D eigenvalue weighted by molar-refractivity contribution is 6.20. The molecule has 0 radical (unpaired) electrons. The molecular weight excluding hydrogens is 1160 g/mol. The maximum absolute atomic E-state index is 10.7. The quantitative estimate of drug-likeness (QED) is 0.152. The van der Waals surface area contributed by atoms with Crippen molar-refractivity contribution in [1.29, 1.82) is 31.6 Å². The largest absolute Gasteiger partial charge is 0.309 e. The molecule has 0 aliphatic carbocycles. The molecule has 0 fully saturated rings.